The minimum atomic E-state index is 0.585. The van der Waals surface area contributed by atoms with E-state index >= 15 is 0 Å². The normalized spacial score (nSPS) is 25.1. The van der Waals surface area contributed by atoms with Crippen molar-refractivity contribution < 1.29 is 0 Å². The molecule has 2 unspecified atom stereocenters. The molecule has 1 aliphatic carbocycles. The molecule has 7 heteroatoms. The number of piperidine rings is 1. The first kappa shape index (κ1) is 20.9. The Bertz CT molecular complexity index is 595. The van der Waals surface area contributed by atoms with Crippen molar-refractivity contribution in [2.24, 2.45) is 10.9 Å². The molecule has 1 aliphatic heterocycles. The molecule has 2 heterocycles. The van der Waals surface area contributed by atoms with Gasteiger partial charge in [-0.1, -0.05) is 6.92 Å². The topological polar surface area (TPSA) is 52.6 Å². The van der Waals surface area contributed by atoms with Gasteiger partial charge in [0.25, 0.3) is 0 Å². The fourth-order valence-corrected chi connectivity index (χ4v) is 5.61. The lowest BCUT2D eigenvalue weighted by Crippen LogP contribution is -2.45. The first-order chi connectivity index (χ1) is 13.2. The largest absolute Gasteiger partial charge is 0.356 e. The van der Waals surface area contributed by atoms with Crippen molar-refractivity contribution in [2.75, 3.05) is 32.9 Å². The summed E-state index contributed by atoms with van der Waals surface area (Å²) in [6.45, 7) is 6.57. The van der Waals surface area contributed by atoms with Gasteiger partial charge in [-0.05, 0) is 63.8 Å². The first-order valence-electron chi connectivity index (χ1n) is 10.4. The summed E-state index contributed by atoms with van der Waals surface area (Å²) in [7, 11) is 1.89. The molecular weight excluding hydrogens is 374 g/mol. The number of rotatable bonds is 7. The van der Waals surface area contributed by atoms with E-state index in [1.54, 1.807) is 11.3 Å². The molecule has 152 valence electrons. The molecule has 2 fully saturated rings. The van der Waals surface area contributed by atoms with E-state index in [-0.39, 0.29) is 0 Å². The molecule has 27 heavy (non-hydrogen) atoms. The summed E-state index contributed by atoms with van der Waals surface area (Å²) >= 11 is 3.80. The second kappa shape index (κ2) is 10.7. The Morgan fingerprint density at radius 3 is 2.78 bits per heavy atom. The van der Waals surface area contributed by atoms with Gasteiger partial charge in [0.15, 0.2) is 5.96 Å². The maximum atomic E-state index is 4.71. The van der Waals surface area contributed by atoms with Gasteiger partial charge in [-0.2, -0.15) is 11.8 Å². The summed E-state index contributed by atoms with van der Waals surface area (Å²) in [5, 5.41) is 11.5. The van der Waals surface area contributed by atoms with Gasteiger partial charge in [0.2, 0.25) is 0 Å². The van der Waals surface area contributed by atoms with Crippen molar-refractivity contribution in [3.05, 3.63) is 16.1 Å². The Balaban J connectivity index is 1.34. The van der Waals surface area contributed by atoms with Crippen LogP contribution in [0, 0.1) is 5.92 Å². The molecule has 0 aromatic carbocycles. The zero-order valence-electron chi connectivity index (χ0n) is 17.0. The summed E-state index contributed by atoms with van der Waals surface area (Å²) in [6.07, 6.45) is 9.64. The summed E-state index contributed by atoms with van der Waals surface area (Å²) in [6, 6.07) is 0.585. The van der Waals surface area contributed by atoms with Crippen LogP contribution in [0.4, 0.5) is 0 Å². The smallest absolute Gasteiger partial charge is 0.191 e. The Labute approximate surface area is 172 Å². The number of aryl methyl sites for hydroxylation is 1. The minimum absolute atomic E-state index is 0.585. The predicted molar refractivity (Wildman–Crippen MR) is 119 cm³/mol. The van der Waals surface area contributed by atoms with Crippen LogP contribution in [0.5, 0.6) is 0 Å². The Kier molecular flexibility index (Phi) is 8.27. The molecular formula is C20H35N5S2. The Morgan fingerprint density at radius 1 is 1.33 bits per heavy atom. The minimum Gasteiger partial charge on any atom is -0.356 e. The fraction of sp³-hybridized carbons (Fsp3) is 0.800. The van der Waals surface area contributed by atoms with Gasteiger partial charge in [-0.15, -0.1) is 11.3 Å². The van der Waals surface area contributed by atoms with E-state index < -0.39 is 0 Å². The van der Waals surface area contributed by atoms with Crippen LogP contribution in [0.2, 0.25) is 0 Å². The number of aromatic nitrogens is 1. The highest BCUT2D eigenvalue weighted by Gasteiger charge is 2.25. The van der Waals surface area contributed by atoms with Crippen molar-refractivity contribution in [2.45, 2.75) is 63.3 Å². The SMILES string of the molecule is CCc1nc(CN2CCC(CNC(=NC)NC3CCC(SC)C3)CC2)cs1. The van der Waals surface area contributed by atoms with Crippen LogP contribution in [-0.2, 0) is 13.0 Å². The molecule has 1 aromatic heterocycles. The number of guanidine groups is 1. The number of thioether (sulfide) groups is 1. The standard InChI is InChI=1S/C20H35N5S2/c1-4-19-23-17(14-27-19)13-25-9-7-15(8-10-25)12-22-20(21-2)24-16-5-6-18(11-16)26-3/h14-16,18H,4-13H2,1-3H3,(H2,21,22,24). The highest BCUT2D eigenvalue weighted by atomic mass is 32.2. The van der Waals surface area contributed by atoms with Gasteiger partial charge >= 0.3 is 0 Å². The molecule has 1 aromatic rings. The lowest BCUT2D eigenvalue weighted by Gasteiger charge is -2.32. The van der Waals surface area contributed by atoms with Crippen molar-refractivity contribution in [1.29, 1.82) is 0 Å². The lowest BCUT2D eigenvalue weighted by molar-refractivity contribution is 0.176. The number of hydrogen-bond donors (Lipinski definition) is 2. The second-order valence-electron chi connectivity index (χ2n) is 7.77. The van der Waals surface area contributed by atoms with Gasteiger partial charge in [-0.3, -0.25) is 9.89 Å². The van der Waals surface area contributed by atoms with E-state index in [2.05, 4.69) is 39.1 Å². The van der Waals surface area contributed by atoms with Gasteiger partial charge in [0.05, 0.1) is 10.7 Å². The third-order valence-corrected chi connectivity index (χ3v) is 7.97. The summed E-state index contributed by atoms with van der Waals surface area (Å²) < 4.78 is 0. The van der Waals surface area contributed by atoms with Gasteiger partial charge in [-0.25, -0.2) is 4.98 Å². The summed E-state index contributed by atoms with van der Waals surface area (Å²) in [5.41, 5.74) is 1.25. The summed E-state index contributed by atoms with van der Waals surface area (Å²) in [5.74, 6) is 1.72. The molecule has 0 bridgehead atoms. The molecule has 1 saturated heterocycles. The van der Waals surface area contributed by atoms with Gasteiger partial charge in [0.1, 0.15) is 0 Å². The highest BCUT2D eigenvalue weighted by molar-refractivity contribution is 7.99. The molecule has 2 N–H and O–H groups in total. The van der Waals surface area contributed by atoms with Crippen LogP contribution < -0.4 is 10.6 Å². The molecule has 2 aliphatic rings. The van der Waals surface area contributed by atoms with Gasteiger partial charge in [0, 0.05) is 36.8 Å². The van der Waals surface area contributed by atoms with Crippen LogP contribution in [0.1, 0.15) is 49.7 Å². The van der Waals surface area contributed by atoms with Crippen LogP contribution in [0.3, 0.4) is 0 Å². The van der Waals surface area contributed by atoms with Crippen LogP contribution in [0.25, 0.3) is 0 Å². The Hall–Kier alpha value is -0.790. The third kappa shape index (κ3) is 6.36. The predicted octanol–water partition coefficient (Wildman–Crippen LogP) is 3.37. The monoisotopic (exact) mass is 409 g/mol. The zero-order chi connectivity index (χ0) is 19.1. The molecule has 5 nitrogen and oxygen atoms in total. The quantitative estimate of drug-likeness (QED) is 0.534. The maximum Gasteiger partial charge on any atom is 0.191 e. The van der Waals surface area contributed by atoms with Crippen molar-refractivity contribution in [1.82, 2.24) is 20.5 Å². The zero-order valence-corrected chi connectivity index (χ0v) is 18.7. The average molecular weight is 410 g/mol. The van der Waals surface area contributed by atoms with Crippen LogP contribution in [0.15, 0.2) is 10.4 Å². The van der Waals surface area contributed by atoms with Crippen LogP contribution in [-0.4, -0.2) is 60.1 Å². The van der Waals surface area contributed by atoms with Crippen molar-refractivity contribution in [3.63, 3.8) is 0 Å². The number of thiazole rings is 1. The maximum absolute atomic E-state index is 4.71. The molecule has 1 saturated carbocycles. The third-order valence-electron chi connectivity index (χ3n) is 5.83. The number of hydrogen-bond acceptors (Lipinski definition) is 5. The highest BCUT2D eigenvalue weighted by Crippen LogP contribution is 2.28. The molecule has 3 rings (SSSR count). The number of likely N-dealkylation sites (tertiary alicyclic amines) is 1. The lowest BCUT2D eigenvalue weighted by atomic mass is 9.97. The van der Waals surface area contributed by atoms with Crippen LogP contribution >= 0.6 is 23.1 Å². The van der Waals surface area contributed by atoms with E-state index in [4.69, 9.17) is 4.98 Å². The first-order valence-corrected chi connectivity index (χ1v) is 12.5. The number of nitrogens with one attached hydrogen (secondary N) is 2. The molecule has 0 radical (unpaired) electrons. The van der Waals surface area contributed by atoms with E-state index in [1.807, 2.05) is 18.8 Å². The number of nitrogens with zero attached hydrogens (tertiary/aromatic N) is 3. The fourth-order valence-electron chi connectivity index (χ4n) is 4.08. The van der Waals surface area contributed by atoms with Crippen molar-refractivity contribution in [3.8, 4) is 0 Å². The average Bonchev–Trinajstić information content (AvgIpc) is 3.35. The molecule has 0 amide bonds. The van der Waals surface area contributed by atoms with E-state index in [9.17, 15) is 0 Å². The number of aliphatic imine (C=N–C) groups is 1. The van der Waals surface area contributed by atoms with E-state index in [0.717, 1.165) is 36.6 Å². The van der Waals surface area contributed by atoms with E-state index in [0.29, 0.717) is 6.04 Å². The van der Waals surface area contributed by atoms with Crippen molar-refractivity contribution >= 4 is 29.1 Å². The summed E-state index contributed by atoms with van der Waals surface area (Å²) in [4.78, 5) is 11.7. The molecule has 0 spiro atoms. The van der Waals surface area contributed by atoms with E-state index in [1.165, 1.54) is 55.9 Å². The second-order valence-corrected chi connectivity index (χ2v) is 9.85. The molecule has 2 atom stereocenters. The van der Waals surface area contributed by atoms with Gasteiger partial charge < -0.3 is 10.6 Å². The Morgan fingerprint density at radius 2 is 2.15 bits per heavy atom.